The number of rotatable bonds is 6. The first-order valence-electron chi connectivity index (χ1n) is 11.6. The number of aryl methyl sites for hydroxylation is 1. The number of hydrogen-bond donors (Lipinski definition) is 0. The van der Waals surface area contributed by atoms with E-state index >= 15 is 0 Å². The maximum Gasteiger partial charge on any atom is 0.294 e. The van der Waals surface area contributed by atoms with Gasteiger partial charge in [0, 0.05) is 49.4 Å². The van der Waals surface area contributed by atoms with Crippen LogP contribution in [0, 0.1) is 5.41 Å². The SMILES string of the molecule is O=COCN1CCCc2ccc(C(=O)N3CCC4(CCN(Cc5ccccc5)C4)C3)cc21. The van der Waals surface area contributed by atoms with Crippen LogP contribution in [0.2, 0.25) is 0 Å². The fourth-order valence-electron chi connectivity index (χ4n) is 5.67. The van der Waals surface area contributed by atoms with Gasteiger partial charge >= 0.3 is 0 Å². The molecule has 0 N–H and O–H groups in total. The number of fused-ring (bicyclic) bond motifs is 1. The summed E-state index contributed by atoms with van der Waals surface area (Å²) >= 11 is 0. The third kappa shape index (κ3) is 4.24. The first-order valence-corrected chi connectivity index (χ1v) is 11.6. The molecule has 0 aliphatic carbocycles. The largest absolute Gasteiger partial charge is 0.446 e. The lowest BCUT2D eigenvalue weighted by Gasteiger charge is -2.31. The van der Waals surface area contributed by atoms with Gasteiger partial charge in [0.05, 0.1) is 0 Å². The van der Waals surface area contributed by atoms with E-state index in [1.54, 1.807) is 0 Å². The topological polar surface area (TPSA) is 53.1 Å². The van der Waals surface area contributed by atoms with Gasteiger partial charge in [-0.2, -0.15) is 0 Å². The summed E-state index contributed by atoms with van der Waals surface area (Å²) in [5.74, 6) is 0.119. The van der Waals surface area contributed by atoms with Crippen molar-refractivity contribution < 1.29 is 14.3 Å². The van der Waals surface area contributed by atoms with Crippen molar-refractivity contribution in [1.82, 2.24) is 9.80 Å². The normalized spacial score (nSPS) is 22.9. The number of carbonyl (C=O) groups excluding carboxylic acids is 2. The highest BCUT2D eigenvalue weighted by Crippen LogP contribution is 2.40. The number of hydrogen-bond acceptors (Lipinski definition) is 5. The minimum atomic E-state index is 0.119. The number of amides is 1. The van der Waals surface area contributed by atoms with Gasteiger partial charge in [-0.15, -0.1) is 0 Å². The van der Waals surface area contributed by atoms with Crippen molar-refractivity contribution in [2.45, 2.75) is 32.2 Å². The van der Waals surface area contributed by atoms with E-state index in [2.05, 4.69) is 41.3 Å². The fraction of sp³-hybridized carbons (Fsp3) is 0.462. The molecule has 5 rings (SSSR count). The molecule has 1 atom stereocenters. The van der Waals surface area contributed by atoms with Gasteiger partial charge in [-0.3, -0.25) is 14.5 Å². The number of likely N-dealkylation sites (tertiary alicyclic amines) is 2. The van der Waals surface area contributed by atoms with E-state index in [0.717, 1.165) is 76.2 Å². The third-order valence-electron chi connectivity index (χ3n) is 7.34. The quantitative estimate of drug-likeness (QED) is 0.655. The van der Waals surface area contributed by atoms with Gasteiger partial charge < -0.3 is 14.5 Å². The second kappa shape index (κ2) is 8.94. The molecule has 2 saturated heterocycles. The highest BCUT2D eigenvalue weighted by molar-refractivity contribution is 5.95. The van der Waals surface area contributed by atoms with Crippen LogP contribution in [0.1, 0.15) is 40.7 Å². The van der Waals surface area contributed by atoms with Crippen molar-refractivity contribution >= 4 is 18.1 Å². The van der Waals surface area contributed by atoms with Gasteiger partial charge in [-0.25, -0.2) is 0 Å². The average Bonchev–Trinajstić information content (AvgIpc) is 3.43. The summed E-state index contributed by atoms with van der Waals surface area (Å²) in [4.78, 5) is 30.6. The van der Waals surface area contributed by atoms with Crippen LogP contribution in [0.5, 0.6) is 0 Å². The molecule has 0 saturated carbocycles. The predicted octanol–water partition coefficient (Wildman–Crippen LogP) is 3.31. The van der Waals surface area contributed by atoms with Gasteiger partial charge in [0.15, 0.2) is 6.73 Å². The Balaban J connectivity index is 1.25. The molecule has 2 aromatic rings. The van der Waals surface area contributed by atoms with Gasteiger partial charge in [0.25, 0.3) is 12.4 Å². The lowest BCUT2D eigenvalue weighted by molar-refractivity contribution is -0.128. The predicted molar refractivity (Wildman–Crippen MR) is 123 cm³/mol. The van der Waals surface area contributed by atoms with Crippen LogP contribution >= 0.6 is 0 Å². The molecule has 0 bridgehead atoms. The van der Waals surface area contributed by atoms with E-state index in [1.807, 2.05) is 21.9 Å². The highest BCUT2D eigenvalue weighted by Gasteiger charge is 2.44. The first-order chi connectivity index (χ1) is 15.7. The molecule has 1 spiro atoms. The van der Waals surface area contributed by atoms with Crippen LogP contribution in [0.3, 0.4) is 0 Å². The molecule has 6 heteroatoms. The summed E-state index contributed by atoms with van der Waals surface area (Å²) in [5, 5.41) is 0. The second-order valence-corrected chi connectivity index (χ2v) is 9.53. The van der Waals surface area contributed by atoms with Crippen molar-refractivity contribution in [3.05, 3.63) is 65.2 Å². The van der Waals surface area contributed by atoms with Gasteiger partial charge in [0.1, 0.15) is 0 Å². The number of nitrogens with zero attached hydrogens (tertiary/aromatic N) is 3. The van der Waals surface area contributed by atoms with Crippen molar-refractivity contribution in [1.29, 1.82) is 0 Å². The summed E-state index contributed by atoms with van der Waals surface area (Å²) in [5.41, 5.74) is 4.55. The Bertz CT molecular complexity index is 980. The first kappa shape index (κ1) is 21.0. The summed E-state index contributed by atoms with van der Waals surface area (Å²) in [7, 11) is 0. The molecule has 2 fully saturated rings. The van der Waals surface area contributed by atoms with Crippen molar-refractivity contribution in [3.63, 3.8) is 0 Å². The molecule has 1 amide bonds. The molecule has 1 unspecified atom stereocenters. The Morgan fingerprint density at radius 2 is 1.88 bits per heavy atom. The van der Waals surface area contributed by atoms with E-state index in [9.17, 15) is 9.59 Å². The van der Waals surface area contributed by atoms with Gasteiger partial charge in [0.2, 0.25) is 0 Å². The van der Waals surface area contributed by atoms with Crippen molar-refractivity contribution in [2.24, 2.45) is 5.41 Å². The van der Waals surface area contributed by atoms with Crippen molar-refractivity contribution in [2.75, 3.05) is 44.4 Å². The van der Waals surface area contributed by atoms with E-state index < -0.39 is 0 Å². The Morgan fingerprint density at radius 3 is 2.72 bits per heavy atom. The number of ether oxygens (including phenoxy) is 1. The van der Waals surface area contributed by atoms with Crippen LogP contribution in [0.25, 0.3) is 0 Å². The van der Waals surface area contributed by atoms with Crippen LogP contribution in [-0.2, 0) is 22.5 Å². The molecule has 32 heavy (non-hydrogen) atoms. The molecule has 3 aliphatic heterocycles. The molecule has 3 aliphatic rings. The summed E-state index contributed by atoms with van der Waals surface area (Å²) in [6.07, 6.45) is 4.25. The zero-order chi connectivity index (χ0) is 22.0. The van der Waals surface area contributed by atoms with Crippen LogP contribution < -0.4 is 4.90 Å². The molecule has 168 valence electrons. The van der Waals surface area contributed by atoms with Gasteiger partial charge in [-0.05, 0) is 55.5 Å². The lowest BCUT2D eigenvalue weighted by atomic mass is 9.86. The average molecular weight is 434 g/mol. The minimum Gasteiger partial charge on any atom is -0.446 e. The Labute approximate surface area is 189 Å². The molecule has 2 aromatic carbocycles. The number of carbonyl (C=O) groups is 2. The minimum absolute atomic E-state index is 0.119. The molecule has 0 aromatic heterocycles. The fourth-order valence-corrected chi connectivity index (χ4v) is 5.67. The van der Waals surface area contributed by atoms with E-state index in [0.29, 0.717) is 6.47 Å². The third-order valence-corrected chi connectivity index (χ3v) is 7.34. The molecular formula is C26H31N3O3. The molecule has 6 nitrogen and oxygen atoms in total. The molecule has 3 heterocycles. The Morgan fingerprint density at radius 1 is 1.03 bits per heavy atom. The summed E-state index contributed by atoms with van der Waals surface area (Å²) in [6, 6.07) is 16.7. The maximum absolute atomic E-state index is 13.4. The number of anilines is 1. The van der Waals surface area contributed by atoms with E-state index in [4.69, 9.17) is 4.74 Å². The van der Waals surface area contributed by atoms with Gasteiger partial charge in [-0.1, -0.05) is 36.4 Å². The molecular weight excluding hydrogens is 402 g/mol. The monoisotopic (exact) mass is 433 g/mol. The number of benzene rings is 2. The Kier molecular flexibility index (Phi) is 5.87. The highest BCUT2D eigenvalue weighted by atomic mass is 16.5. The van der Waals surface area contributed by atoms with Crippen LogP contribution in [-0.4, -0.2) is 61.6 Å². The van der Waals surface area contributed by atoms with E-state index in [1.165, 1.54) is 11.1 Å². The lowest BCUT2D eigenvalue weighted by Crippen LogP contribution is -2.35. The zero-order valence-corrected chi connectivity index (χ0v) is 18.5. The zero-order valence-electron chi connectivity index (χ0n) is 18.5. The van der Waals surface area contributed by atoms with Crippen LogP contribution in [0.4, 0.5) is 5.69 Å². The smallest absolute Gasteiger partial charge is 0.294 e. The molecule has 0 radical (unpaired) electrons. The standard InChI is InChI=1S/C26H31N3O3/c30-20-32-19-29-12-4-7-22-8-9-23(15-24(22)29)25(31)28-14-11-26(18-28)10-13-27(17-26)16-21-5-2-1-3-6-21/h1-3,5-6,8-9,15,20H,4,7,10-14,16-19H2. The van der Waals surface area contributed by atoms with Crippen LogP contribution in [0.15, 0.2) is 48.5 Å². The maximum atomic E-state index is 13.4. The Hall–Kier alpha value is -2.86. The summed E-state index contributed by atoms with van der Waals surface area (Å²) in [6.45, 7) is 6.36. The second-order valence-electron chi connectivity index (χ2n) is 9.53. The van der Waals surface area contributed by atoms with Crippen molar-refractivity contribution in [3.8, 4) is 0 Å². The summed E-state index contributed by atoms with van der Waals surface area (Å²) < 4.78 is 4.99. The van der Waals surface area contributed by atoms with E-state index in [-0.39, 0.29) is 18.1 Å².